The summed E-state index contributed by atoms with van der Waals surface area (Å²) in [5, 5.41) is 29.8. The van der Waals surface area contributed by atoms with Crippen molar-refractivity contribution in [3.63, 3.8) is 0 Å². The predicted molar refractivity (Wildman–Crippen MR) is 234 cm³/mol. The predicted octanol–water partition coefficient (Wildman–Crippen LogP) is 2.42. The van der Waals surface area contributed by atoms with Crippen molar-refractivity contribution in [2.75, 3.05) is 13.1 Å². The number of carbonyl (C=O) groups excluding carboxylic acids is 7. The number of carboxylic acid groups (broad SMARTS) is 2. The Morgan fingerprint density at radius 2 is 1.38 bits per heavy atom. The van der Waals surface area contributed by atoms with Crippen LogP contribution >= 0.6 is 0 Å². The summed E-state index contributed by atoms with van der Waals surface area (Å²) in [6, 6.07) is 11.5. The van der Waals surface area contributed by atoms with Crippen LogP contribution in [0.4, 0.5) is 4.79 Å². The molecule has 20 nitrogen and oxygen atoms in total. The van der Waals surface area contributed by atoms with E-state index in [9.17, 15) is 53.4 Å². The van der Waals surface area contributed by atoms with Gasteiger partial charge in [-0.25, -0.2) is 14.6 Å². The number of amides is 7. The van der Waals surface area contributed by atoms with Gasteiger partial charge in [-0.05, 0) is 36.8 Å². The Bertz CT molecular complexity index is 1950. The summed E-state index contributed by atoms with van der Waals surface area (Å²) in [6.45, 7) is 11.5. The van der Waals surface area contributed by atoms with E-state index in [1.54, 1.807) is 34.6 Å². The van der Waals surface area contributed by atoms with Crippen molar-refractivity contribution in [1.29, 1.82) is 0 Å². The number of rotatable bonds is 23. The van der Waals surface area contributed by atoms with Crippen LogP contribution in [0, 0.1) is 11.8 Å². The average molecular weight is 910 g/mol. The minimum Gasteiger partial charge on any atom is -0.481 e. The maximum Gasteiger partial charge on any atom is 0.336 e. The highest BCUT2D eigenvalue weighted by Crippen LogP contribution is 2.25. The Labute approximate surface area is 378 Å². The van der Waals surface area contributed by atoms with Crippen molar-refractivity contribution in [2.24, 2.45) is 11.8 Å². The maximum absolute atomic E-state index is 14.6. The minimum absolute atomic E-state index is 0.0459. The van der Waals surface area contributed by atoms with Gasteiger partial charge in [0, 0.05) is 32.4 Å². The molecule has 65 heavy (non-hydrogen) atoms. The van der Waals surface area contributed by atoms with E-state index in [-0.39, 0.29) is 32.5 Å². The molecule has 1 fully saturated rings. The SMILES string of the molecule is CCCN(NC(=O)[C@H]1C[C@@H](OCc2ccccc2)CN1C(=O)[C@@H](NC(=O)[C@@H](OC(=O)[C@@H](CC(=O)O)NC(=O)[C@H](CC(=O)O)NC(C)=O)[C@H](C)CC)C(C)C)C(=O)N[C@@H](C)c1ccccc1. The Morgan fingerprint density at radius 1 is 0.785 bits per heavy atom. The average Bonchev–Trinajstić information content (AvgIpc) is 3.70. The number of urea groups is 1. The van der Waals surface area contributed by atoms with Crippen LogP contribution < -0.4 is 26.7 Å². The molecule has 0 bridgehead atoms. The van der Waals surface area contributed by atoms with E-state index in [2.05, 4.69) is 26.7 Å². The lowest BCUT2D eigenvalue weighted by atomic mass is 9.98. The zero-order chi connectivity index (χ0) is 48.4. The van der Waals surface area contributed by atoms with E-state index >= 15 is 0 Å². The molecule has 1 saturated heterocycles. The number of hydrogen-bond acceptors (Lipinski definition) is 11. The van der Waals surface area contributed by atoms with Crippen LogP contribution in [-0.4, -0.2) is 123 Å². The van der Waals surface area contributed by atoms with Crippen molar-refractivity contribution in [3.8, 4) is 0 Å². The molecule has 356 valence electrons. The van der Waals surface area contributed by atoms with Gasteiger partial charge in [0.25, 0.3) is 11.8 Å². The van der Waals surface area contributed by atoms with Crippen molar-refractivity contribution < 1.29 is 62.8 Å². The van der Waals surface area contributed by atoms with Crippen LogP contribution in [-0.2, 0) is 54.4 Å². The highest BCUT2D eigenvalue weighted by molar-refractivity contribution is 5.96. The van der Waals surface area contributed by atoms with E-state index < -0.39 is 121 Å². The molecule has 7 N–H and O–H groups in total. The van der Waals surface area contributed by atoms with Gasteiger partial charge in [-0.1, -0.05) is 95.3 Å². The molecule has 0 spiro atoms. The van der Waals surface area contributed by atoms with E-state index in [0.717, 1.165) is 23.1 Å². The maximum atomic E-state index is 14.6. The fourth-order valence-electron chi connectivity index (χ4n) is 6.97. The Morgan fingerprint density at radius 3 is 1.94 bits per heavy atom. The number of hydrazine groups is 1. The lowest BCUT2D eigenvalue weighted by molar-refractivity contribution is -0.164. The second-order valence-corrected chi connectivity index (χ2v) is 16.4. The Kier molecular flexibility index (Phi) is 20.8. The van der Waals surface area contributed by atoms with Gasteiger partial charge in [0.2, 0.25) is 17.7 Å². The number of carbonyl (C=O) groups is 9. The molecule has 0 aromatic heterocycles. The molecule has 1 aliphatic rings. The molecule has 3 rings (SSSR count). The summed E-state index contributed by atoms with van der Waals surface area (Å²) in [5.74, 6) is -9.91. The quantitative estimate of drug-likeness (QED) is 0.0624. The van der Waals surface area contributed by atoms with Crippen LogP contribution in [0.1, 0.15) is 97.7 Å². The molecular formula is C45H63N7O13. The van der Waals surface area contributed by atoms with E-state index in [1.807, 2.05) is 67.6 Å². The van der Waals surface area contributed by atoms with Crippen LogP contribution in [0.2, 0.25) is 0 Å². The first kappa shape index (κ1) is 52.8. The van der Waals surface area contributed by atoms with Gasteiger partial charge in [-0.15, -0.1) is 0 Å². The normalized spacial score (nSPS) is 17.3. The molecule has 1 heterocycles. The molecule has 0 saturated carbocycles. The third-order valence-corrected chi connectivity index (χ3v) is 10.7. The highest BCUT2D eigenvalue weighted by atomic mass is 16.6. The number of ether oxygens (including phenoxy) is 2. The largest absolute Gasteiger partial charge is 0.481 e. The first-order valence-corrected chi connectivity index (χ1v) is 21.7. The first-order chi connectivity index (χ1) is 30.7. The number of nitrogens with one attached hydrogen (secondary N) is 5. The summed E-state index contributed by atoms with van der Waals surface area (Å²) in [5.41, 5.74) is 4.40. The molecule has 0 aliphatic carbocycles. The van der Waals surface area contributed by atoms with Crippen molar-refractivity contribution >= 4 is 53.5 Å². The van der Waals surface area contributed by atoms with Crippen LogP contribution in [0.3, 0.4) is 0 Å². The molecule has 8 atom stereocenters. The molecule has 20 heteroatoms. The minimum atomic E-state index is -1.92. The standard InChI is InChI=1S/C45H63N7O13/c1-8-20-52(45(63)46-28(6)31-18-14-11-15-19-31)50-41(59)35-21-32(64-25-30-16-12-10-13-17-30)24-51(35)43(61)38(26(3)4)49-42(60)39(27(5)9-2)65-44(62)34(23-37(56)57)48-40(58)33(22-36(54)55)47-29(7)53/h10-19,26-28,32-35,38-39H,8-9,20-25H2,1-7H3,(H,46,63)(H,47,53)(H,48,58)(H,49,60)(H,50,59)(H,54,55)(H,56,57)/t27-,28+,32-,33+,34-,35-,38+,39+/m1/s1. The summed E-state index contributed by atoms with van der Waals surface area (Å²) < 4.78 is 11.8. The van der Waals surface area contributed by atoms with E-state index in [0.29, 0.717) is 6.42 Å². The molecule has 0 radical (unpaired) electrons. The number of aliphatic carboxylic acids is 2. The smallest absolute Gasteiger partial charge is 0.336 e. The zero-order valence-corrected chi connectivity index (χ0v) is 37.9. The van der Waals surface area contributed by atoms with Crippen molar-refractivity contribution in [2.45, 2.75) is 130 Å². The van der Waals surface area contributed by atoms with Gasteiger partial charge in [-0.3, -0.25) is 39.0 Å². The topological polar surface area (TPSA) is 279 Å². The Balaban J connectivity index is 1.89. The highest BCUT2D eigenvalue weighted by Gasteiger charge is 2.45. The van der Waals surface area contributed by atoms with Gasteiger partial charge in [0.1, 0.15) is 24.2 Å². The zero-order valence-electron chi connectivity index (χ0n) is 37.9. The number of nitrogens with zero attached hydrogens (tertiary/aromatic N) is 2. The van der Waals surface area contributed by atoms with Gasteiger partial charge >= 0.3 is 23.9 Å². The lowest BCUT2D eigenvalue weighted by Crippen LogP contribution is -2.60. The van der Waals surface area contributed by atoms with Gasteiger partial charge in [-0.2, -0.15) is 0 Å². The van der Waals surface area contributed by atoms with Gasteiger partial charge < -0.3 is 45.9 Å². The summed E-state index contributed by atoms with van der Waals surface area (Å²) in [6.07, 6.45) is -3.39. The number of benzene rings is 2. The second kappa shape index (κ2) is 25.7. The number of esters is 1. The number of carboxylic acids is 2. The van der Waals surface area contributed by atoms with Crippen molar-refractivity contribution in [1.82, 2.24) is 36.6 Å². The lowest BCUT2D eigenvalue weighted by Gasteiger charge is -2.33. The van der Waals surface area contributed by atoms with E-state index in [1.165, 1.54) is 4.90 Å². The Hall–Kier alpha value is -6.57. The van der Waals surface area contributed by atoms with E-state index in [4.69, 9.17) is 9.47 Å². The fraction of sp³-hybridized carbons (Fsp3) is 0.533. The fourth-order valence-corrected chi connectivity index (χ4v) is 6.97. The molecule has 7 amide bonds. The summed E-state index contributed by atoms with van der Waals surface area (Å²) >= 11 is 0. The van der Waals surface area contributed by atoms with Crippen LogP contribution in [0.25, 0.3) is 0 Å². The van der Waals surface area contributed by atoms with Crippen LogP contribution in [0.15, 0.2) is 60.7 Å². The number of hydrogen-bond donors (Lipinski definition) is 7. The number of likely N-dealkylation sites (tertiary alicyclic amines) is 1. The van der Waals surface area contributed by atoms with Gasteiger partial charge in [0.05, 0.1) is 31.6 Å². The molecule has 0 unspecified atom stereocenters. The summed E-state index contributed by atoms with van der Waals surface area (Å²) in [7, 11) is 0. The molecular weight excluding hydrogens is 847 g/mol. The van der Waals surface area contributed by atoms with Gasteiger partial charge in [0.15, 0.2) is 6.10 Å². The molecule has 1 aliphatic heterocycles. The second-order valence-electron chi connectivity index (χ2n) is 16.4. The summed E-state index contributed by atoms with van der Waals surface area (Å²) in [4.78, 5) is 119. The van der Waals surface area contributed by atoms with Crippen molar-refractivity contribution in [3.05, 3.63) is 71.8 Å². The first-order valence-electron chi connectivity index (χ1n) is 21.7. The van der Waals surface area contributed by atoms with Crippen LogP contribution in [0.5, 0.6) is 0 Å². The monoisotopic (exact) mass is 909 g/mol. The molecule has 2 aromatic carbocycles. The third kappa shape index (κ3) is 16.5. The molecule has 2 aromatic rings. The third-order valence-electron chi connectivity index (χ3n) is 10.7.